The van der Waals surface area contributed by atoms with Crippen molar-refractivity contribution in [1.82, 2.24) is 24.3 Å². The molecule has 1 N–H and O–H groups in total. The van der Waals surface area contributed by atoms with Crippen molar-refractivity contribution in [1.29, 1.82) is 0 Å². The summed E-state index contributed by atoms with van der Waals surface area (Å²) in [6.07, 6.45) is 1.80. The first kappa shape index (κ1) is 22.9. The molecule has 0 unspecified atom stereocenters. The number of benzene rings is 2. The zero-order chi connectivity index (χ0) is 24.4. The van der Waals surface area contributed by atoms with Crippen LogP contribution >= 0.6 is 0 Å². The lowest BCUT2D eigenvalue weighted by Gasteiger charge is -2.34. The Morgan fingerprint density at radius 1 is 1.00 bits per heavy atom. The molecule has 0 aliphatic carbocycles. The summed E-state index contributed by atoms with van der Waals surface area (Å²) in [6.45, 7) is 7.58. The van der Waals surface area contributed by atoms with Gasteiger partial charge in [-0.3, -0.25) is 9.47 Å². The number of urea groups is 1. The first-order chi connectivity index (χ1) is 17.0. The van der Waals surface area contributed by atoms with Gasteiger partial charge in [0.15, 0.2) is 5.65 Å². The maximum atomic E-state index is 12.9. The number of rotatable bonds is 5. The minimum Gasteiger partial charge on any atom is -0.495 e. The second-order valence-electron chi connectivity index (χ2n) is 8.94. The quantitative estimate of drug-likeness (QED) is 0.468. The minimum atomic E-state index is -0.107. The summed E-state index contributed by atoms with van der Waals surface area (Å²) in [5, 5.41) is 3.01. The van der Waals surface area contributed by atoms with Gasteiger partial charge in [0, 0.05) is 38.1 Å². The molecule has 0 saturated carbocycles. The van der Waals surface area contributed by atoms with E-state index in [1.165, 1.54) is 5.56 Å². The maximum absolute atomic E-state index is 12.9. The van der Waals surface area contributed by atoms with E-state index < -0.39 is 0 Å². The fourth-order valence-electron chi connectivity index (χ4n) is 4.45. The fraction of sp³-hybridized carbons (Fsp3) is 0.296. The fourth-order valence-corrected chi connectivity index (χ4v) is 4.45. The van der Waals surface area contributed by atoms with E-state index >= 15 is 0 Å². The topological polar surface area (TPSA) is 75.5 Å². The Balaban J connectivity index is 1.28. The van der Waals surface area contributed by atoms with Crippen LogP contribution in [0.5, 0.6) is 5.75 Å². The van der Waals surface area contributed by atoms with Crippen LogP contribution in [0, 0.1) is 13.8 Å². The number of hydrogen-bond donors (Lipinski definition) is 1. The van der Waals surface area contributed by atoms with Gasteiger partial charge in [-0.2, -0.15) is 0 Å². The summed E-state index contributed by atoms with van der Waals surface area (Å²) in [4.78, 5) is 26.6. The minimum absolute atomic E-state index is 0.107. The van der Waals surface area contributed by atoms with Crippen molar-refractivity contribution in [3.63, 3.8) is 0 Å². The first-order valence-corrected chi connectivity index (χ1v) is 11.8. The highest BCUT2D eigenvalue weighted by Gasteiger charge is 2.24. The van der Waals surface area contributed by atoms with Crippen molar-refractivity contribution in [3.05, 3.63) is 77.7 Å². The van der Waals surface area contributed by atoms with Crippen molar-refractivity contribution in [2.75, 3.05) is 38.6 Å². The molecular formula is C27H30N6O2. The van der Waals surface area contributed by atoms with Crippen LogP contribution in [0.3, 0.4) is 0 Å². The highest BCUT2D eigenvalue weighted by atomic mass is 16.5. The molecule has 1 aliphatic rings. The number of piperazine rings is 1. The van der Waals surface area contributed by atoms with Gasteiger partial charge >= 0.3 is 6.03 Å². The Hall–Kier alpha value is -3.91. The summed E-state index contributed by atoms with van der Waals surface area (Å²) < 4.78 is 7.53. The molecule has 180 valence electrons. The van der Waals surface area contributed by atoms with Crippen LogP contribution in [0.4, 0.5) is 10.5 Å². The van der Waals surface area contributed by atoms with Crippen LogP contribution < -0.4 is 10.1 Å². The number of aryl methyl sites for hydroxylation is 2. The zero-order valence-corrected chi connectivity index (χ0v) is 20.4. The lowest BCUT2D eigenvalue weighted by atomic mass is 10.2. The van der Waals surface area contributed by atoms with Gasteiger partial charge in [0.2, 0.25) is 0 Å². The Morgan fingerprint density at radius 3 is 2.49 bits per heavy atom. The number of carbonyl (C=O) groups excluding carboxylic acids is 1. The molecule has 1 saturated heterocycles. The molecule has 2 aromatic carbocycles. The average Bonchev–Trinajstić information content (AvgIpc) is 3.23. The van der Waals surface area contributed by atoms with Gasteiger partial charge in [-0.1, -0.05) is 23.8 Å². The van der Waals surface area contributed by atoms with Gasteiger partial charge in [-0.05, 0) is 55.8 Å². The second-order valence-corrected chi connectivity index (χ2v) is 8.94. The lowest BCUT2D eigenvalue weighted by molar-refractivity contribution is 0.140. The van der Waals surface area contributed by atoms with Crippen molar-refractivity contribution in [2.45, 2.75) is 20.4 Å². The smallest absolute Gasteiger partial charge is 0.322 e. The predicted molar refractivity (Wildman–Crippen MR) is 137 cm³/mol. The first-order valence-electron chi connectivity index (χ1n) is 11.8. The molecule has 2 aromatic heterocycles. The van der Waals surface area contributed by atoms with Gasteiger partial charge in [0.05, 0.1) is 19.3 Å². The number of fused-ring (bicyclic) bond motifs is 1. The van der Waals surface area contributed by atoms with Crippen LogP contribution in [0.2, 0.25) is 0 Å². The van der Waals surface area contributed by atoms with Crippen LogP contribution in [0.25, 0.3) is 16.9 Å². The van der Waals surface area contributed by atoms with Crippen molar-refractivity contribution >= 4 is 22.9 Å². The number of methoxy groups -OCH3 is 1. The number of amides is 2. The molecule has 8 nitrogen and oxygen atoms in total. The summed E-state index contributed by atoms with van der Waals surface area (Å²) in [7, 11) is 1.61. The number of pyridine rings is 1. The number of ether oxygens (including phenoxy) is 1. The van der Waals surface area contributed by atoms with E-state index in [2.05, 4.69) is 51.0 Å². The zero-order valence-electron chi connectivity index (χ0n) is 20.4. The summed E-state index contributed by atoms with van der Waals surface area (Å²) in [5.41, 5.74) is 5.77. The Bertz CT molecular complexity index is 1340. The highest BCUT2D eigenvalue weighted by Crippen LogP contribution is 2.26. The third-order valence-electron chi connectivity index (χ3n) is 6.40. The van der Waals surface area contributed by atoms with E-state index in [-0.39, 0.29) is 6.03 Å². The maximum Gasteiger partial charge on any atom is 0.322 e. The molecule has 0 spiro atoms. The van der Waals surface area contributed by atoms with E-state index in [9.17, 15) is 4.79 Å². The molecule has 8 heteroatoms. The molecule has 1 fully saturated rings. The number of nitrogens with one attached hydrogen (secondary N) is 1. The average molecular weight is 471 g/mol. The van der Waals surface area contributed by atoms with Gasteiger partial charge in [0.25, 0.3) is 0 Å². The molecule has 0 radical (unpaired) electrons. The van der Waals surface area contributed by atoms with E-state index in [4.69, 9.17) is 9.72 Å². The third kappa shape index (κ3) is 4.83. The third-order valence-corrected chi connectivity index (χ3v) is 6.40. The molecule has 5 rings (SSSR count). The van der Waals surface area contributed by atoms with E-state index in [1.54, 1.807) is 13.3 Å². The second kappa shape index (κ2) is 9.76. The van der Waals surface area contributed by atoms with Crippen molar-refractivity contribution < 1.29 is 9.53 Å². The number of nitrogens with zero attached hydrogens (tertiary/aromatic N) is 5. The van der Waals surface area contributed by atoms with Crippen LogP contribution in [0.15, 0.2) is 60.8 Å². The summed E-state index contributed by atoms with van der Waals surface area (Å²) in [6, 6.07) is 18.0. The highest BCUT2D eigenvalue weighted by molar-refractivity contribution is 5.91. The van der Waals surface area contributed by atoms with Crippen molar-refractivity contribution in [2.24, 2.45) is 0 Å². The molecule has 0 bridgehead atoms. The van der Waals surface area contributed by atoms with Crippen LogP contribution in [0.1, 0.15) is 17.0 Å². The Labute approximate surface area is 205 Å². The summed E-state index contributed by atoms with van der Waals surface area (Å²) in [5.74, 6) is 1.61. The standard InChI is InChI=1S/C27H30N6O2/c1-19-6-9-21(10-7-19)33-25(29-22-5-4-12-28-26(22)33)18-31-13-15-32(16-14-31)27(34)30-23-17-20(2)8-11-24(23)35-3/h4-12,17H,13-16,18H2,1-3H3,(H,30,34). The van der Waals surface area contributed by atoms with Gasteiger partial charge in [-0.25, -0.2) is 14.8 Å². The van der Waals surface area contributed by atoms with E-state index in [0.29, 0.717) is 31.1 Å². The van der Waals surface area contributed by atoms with Gasteiger partial charge < -0.3 is 15.0 Å². The molecule has 0 atom stereocenters. The normalized spacial score (nSPS) is 14.3. The largest absolute Gasteiger partial charge is 0.495 e. The predicted octanol–water partition coefficient (Wildman–Crippen LogP) is 4.40. The number of hydrogen-bond acceptors (Lipinski definition) is 5. The van der Waals surface area contributed by atoms with Crippen molar-refractivity contribution in [3.8, 4) is 11.4 Å². The Kier molecular flexibility index (Phi) is 6.37. The number of carbonyl (C=O) groups is 1. The van der Waals surface area contributed by atoms with Gasteiger partial charge in [0.1, 0.15) is 17.1 Å². The van der Waals surface area contributed by atoms with E-state index in [0.717, 1.165) is 41.3 Å². The molecule has 1 aliphatic heterocycles. The number of aromatic nitrogens is 3. The van der Waals surface area contributed by atoms with E-state index in [1.807, 2.05) is 42.2 Å². The number of anilines is 1. The SMILES string of the molecule is COc1ccc(C)cc1NC(=O)N1CCN(Cc2nc3cccnc3n2-c2ccc(C)cc2)CC1. The monoisotopic (exact) mass is 470 g/mol. The molecule has 2 amide bonds. The molecular weight excluding hydrogens is 440 g/mol. The van der Waals surface area contributed by atoms with Crippen LogP contribution in [-0.4, -0.2) is 63.7 Å². The Morgan fingerprint density at radius 2 is 1.74 bits per heavy atom. The number of imidazole rings is 1. The molecule has 35 heavy (non-hydrogen) atoms. The molecule has 4 aromatic rings. The van der Waals surface area contributed by atoms with Gasteiger partial charge in [-0.15, -0.1) is 0 Å². The summed E-state index contributed by atoms with van der Waals surface area (Å²) >= 11 is 0. The lowest BCUT2D eigenvalue weighted by Crippen LogP contribution is -2.49. The van der Waals surface area contributed by atoms with Crippen LogP contribution in [-0.2, 0) is 6.54 Å². The molecule has 3 heterocycles.